The molecule has 0 aliphatic carbocycles. The zero-order valence-electron chi connectivity index (χ0n) is 18.5. The van der Waals surface area contributed by atoms with Crippen molar-refractivity contribution in [3.8, 4) is 0 Å². The number of β-amino-alcohol motifs (C(OH)–C–C–N with tert-alkyl or cyclic N) is 1. The predicted molar refractivity (Wildman–Crippen MR) is 110 cm³/mol. The second-order valence-corrected chi connectivity index (χ2v) is 7.64. The number of anilines is 2. The minimum Gasteiger partial charge on any atom is -0.391 e. The molecule has 2 N–H and O–H groups in total. The van der Waals surface area contributed by atoms with Crippen molar-refractivity contribution in [2.75, 3.05) is 29.8 Å². The van der Waals surface area contributed by atoms with Crippen LogP contribution in [0.4, 0.5) is 25.1 Å². The van der Waals surface area contributed by atoms with Crippen LogP contribution in [0.25, 0.3) is 5.65 Å². The number of halogens is 2. The molecule has 2 aliphatic rings. The summed E-state index contributed by atoms with van der Waals surface area (Å²) in [5.74, 6) is -0.459. The normalized spacial score (nSPS) is 23.8. The molecule has 4 heterocycles. The smallest absolute Gasteiger partial charge is 0.322 e. The molecular formula is C21H22F2N6O2. The van der Waals surface area contributed by atoms with Gasteiger partial charge in [-0.1, -0.05) is 0 Å². The van der Waals surface area contributed by atoms with Gasteiger partial charge in [0, 0.05) is 31.3 Å². The lowest BCUT2D eigenvalue weighted by molar-refractivity contribution is 0.176. The molecule has 0 unspecified atom stereocenters. The number of aliphatic hydroxyl groups excluding tert-OH is 1. The van der Waals surface area contributed by atoms with E-state index in [9.17, 15) is 18.7 Å². The SMILES string of the molecule is [2H]C1([2H])[C@@H](O)CCN1C(=O)Nc1cnn2ccc(N3CCC[C@@H]3c3cc(F)ccc3F)nc12. The summed E-state index contributed by atoms with van der Waals surface area (Å²) in [7, 11) is 0. The minimum absolute atomic E-state index is 0.0759. The van der Waals surface area contributed by atoms with Crippen LogP contribution in [0.15, 0.2) is 36.7 Å². The fourth-order valence-corrected chi connectivity index (χ4v) is 4.14. The molecular weight excluding hydrogens is 406 g/mol. The summed E-state index contributed by atoms with van der Waals surface area (Å²) in [6.45, 7) is -1.50. The number of carbonyl (C=O) groups is 1. The van der Waals surface area contributed by atoms with Crippen molar-refractivity contribution in [1.29, 1.82) is 0 Å². The molecule has 1 aromatic carbocycles. The van der Waals surface area contributed by atoms with E-state index in [1.807, 2.05) is 4.90 Å². The Kier molecular flexibility index (Phi) is 4.36. The van der Waals surface area contributed by atoms with Crippen LogP contribution in [0, 0.1) is 11.6 Å². The Morgan fingerprint density at radius 2 is 2.13 bits per heavy atom. The standard InChI is InChI=1S/C21H22F2N6O2/c22-13-3-4-16(23)15(10-13)18-2-1-7-28(18)19-6-9-29-20(26-19)17(11-24-29)25-21(31)27-8-5-14(30)12-27/h3-4,6,9-11,14,18,30H,1-2,5,7-8,12H2,(H,25,31)/t14-,18+/m0/s1/i12D2. The number of likely N-dealkylation sites (tertiary alicyclic amines) is 1. The fraction of sp³-hybridized carbons (Fsp3) is 0.381. The minimum atomic E-state index is -2.18. The van der Waals surface area contributed by atoms with Crippen molar-refractivity contribution in [3.05, 3.63) is 53.9 Å². The number of fused-ring (bicyclic) bond motifs is 1. The average Bonchev–Trinajstić information content (AvgIpc) is 3.48. The van der Waals surface area contributed by atoms with Gasteiger partial charge in [-0.3, -0.25) is 0 Å². The van der Waals surface area contributed by atoms with E-state index in [-0.39, 0.29) is 30.3 Å². The van der Waals surface area contributed by atoms with Crippen LogP contribution in [-0.2, 0) is 0 Å². The Labute approximate surface area is 179 Å². The molecule has 2 fully saturated rings. The van der Waals surface area contributed by atoms with Gasteiger partial charge >= 0.3 is 6.03 Å². The van der Waals surface area contributed by atoms with Crippen LogP contribution in [-0.4, -0.2) is 56.3 Å². The summed E-state index contributed by atoms with van der Waals surface area (Å²) in [5.41, 5.74) is 0.865. The zero-order valence-corrected chi connectivity index (χ0v) is 16.5. The van der Waals surface area contributed by atoms with Gasteiger partial charge < -0.3 is 20.2 Å². The van der Waals surface area contributed by atoms with Gasteiger partial charge in [0.15, 0.2) is 5.65 Å². The molecule has 162 valence electrons. The van der Waals surface area contributed by atoms with Crippen molar-refractivity contribution >= 4 is 23.2 Å². The lowest BCUT2D eigenvalue weighted by Gasteiger charge is -2.26. The van der Waals surface area contributed by atoms with Crippen molar-refractivity contribution in [3.63, 3.8) is 0 Å². The Balaban J connectivity index is 1.44. The zero-order chi connectivity index (χ0) is 23.3. The lowest BCUT2D eigenvalue weighted by Crippen LogP contribution is -2.33. The molecule has 0 saturated carbocycles. The number of hydrogen-bond acceptors (Lipinski definition) is 5. The highest BCUT2D eigenvalue weighted by Crippen LogP contribution is 2.37. The number of amides is 2. The maximum atomic E-state index is 14.4. The number of hydrogen-bond donors (Lipinski definition) is 2. The number of carbonyl (C=O) groups excluding carboxylic acids is 1. The molecule has 0 radical (unpaired) electrons. The molecule has 0 bridgehead atoms. The predicted octanol–water partition coefficient (Wildman–Crippen LogP) is 2.95. The summed E-state index contributed by atoms with van der Waals surface area (Å²) >= 11 is 0. The van der Waals surface area contributed by atoms with E-state index < -0.39 is 30.3 Å². The van der Waals surface area contributed by atoms with Crippen LogP contribution >= 0.6 is 0 Å². The number of rotatable bonds is 3. The summed E-state index contributed by atoms with van der Waals surface area (Å²) in [6.07, 6.45) is 3.37. The number of urea groups is 1. The molecule has 2 aliphatic heterocycles. The molecule has 10 heteroatoms. The van der Waals surface area contributed by atoms with E-state index in [4.69, 9.17) is 2.74 Å². The number of benzene rings is 1. The number of nitrogens with zero attached hydrogens (tertiary/aromatic N) is 5. The first kappa shape index (κ1) is 17.4. The van der Waals surface area contributed by atoms with Crippen molar-refractivity contribution in [1.82, 2.24) is 19.5 Å². The van der Waals surface area contributed by atoms with Crippen molar-refractivity contribution in [2.24, 2.45) is 0 Å². The monoisotopic (exact) mass is 430 g/mol. The van der Waals surface area contributed by atoms with Gasteiger partial charge in [-0.05, 0) is 43.5 Å². The maximum absolute atomic E-state index is 14.4. The summed E-state index contributed by atoms with van der Waals surface area (Å²) < 4.78 is 45.5. The number of aliphatic hydroxyl groups is 1. The highest BCUT2D eigenvalue weighted by molar-refractivity contribution is 5.93. The van der Waals surface area contributed by atoms with Gasteiger partial charge in [0.05, 0.1) is 21.1 Å². The van der Waals surface area contributed by atoms with Crippen LogP contribution < -0.4 is 10.2 Å². The third kappa shape index (κ3) is 3.67. The second kappa shape index (κ2) is 7.77. The third-order valence-corrected chi connectivity index (χ3v) is 5.64. The summed E-state index contributed by atoms with van der Waals surface area (Å²) in [6, 6.07) is 4.05. The van der Waals surface area contributed by atoms with E-state index in [1.54, 1.807) is 12.3 Å². The Morgan fingerprint density at radius 1 is 1.26 bits per heavy atom. The van der Waals surface area contributed by atoms with Gasteiger partial charge in [-0.25, -0.2) is 23.1 Å². The summed E-state index contributed by atoms with van der Waals surface area (Å²) in [5, 5.41) is 16.6. The van der Waals surface area contributed by atoms with Crippen LogP contribution in [0.1, 0.15) is 33.6 Å². The molecule has 8 nitrogen and oxygen atoms in total. The van der Waals surface area contributed by atoms with Crippen molar-refractivity contribution < 1.29 is 21.4 Å². The summed E-state index contributed by atoms with van der Waals surface area (Å²) in [4.78, 5) is 20.1. The van der Waals surface area contributed by atoms with E-state index in [2.05, 4.69) is 15.4 Å². The maximum Gasteiger partial charge on any atom is 0.322 e. The van der Waals surface area contributed by atoms with E-state index >= 15 is 0 Å². The number of nitrogens with one attached hydrogen (secondary N) is 1. The third-order valence-electron chi connectivity index (χ3n) is 5.64. The Bertz CT molecular complexity index is 1220. The first-order valence-corrected chi connectivity index (χ1v) is 10.1. The van der Waals surface area contributed by atoms with E-state index in [0.29, 0.717) is 24.4 Å². The lowest BCUT2D eigenvalue weighted by atomic mass is 10.0. The van der Waals surface area contributed by atoms with Gasteiger partial charge in [-0.15, -0.1) is 0 Å². The molecule has 5 rings (SSSR count). The Hall–Kier alpha value is -3.27. The molecule has 2 atom stereocenters. The number of aromatic nitrogens is 3. The first-order valence-electron chi connectivity index (χ1n) is 11.1. The largest absolute Gasteiger partial charge is 0.391 e. The topological polar surface area (TPSA) is 86.0 Å². The van der Waals surface area contributed by atoms with Crippen molar-refractivity contribution in [2.45, 2.75) is 31.4 Å². The van der Waals surface area contributed by atoms with Crippen LogP contribution in [0.5, 0.6) is 0 Å². The Morgan fingerprint density at radius 3 is 2.94 bits per heavy atom. The van der Waals surface area contributed by atoms with Gasteiger partial charge in [-0.2, -0.15) is 5.10 Å². The highest BCUT2D eigenvalue weighted by Gasteiger charge is 2.30. The highest BCUT2D eigenvalue weighted by atomic mass is 19.1. The van der Waals surface area contributed by atoms with E-state index in [0.717, 1.165) is 23.5 Å². The average molecular weight is 430 g/mol. The fourth-order valence-electron chi connectivity index (χ4n) is 4.14. The van der Waals surface area contributed by atoms with Gasteiger partial charge in [0.2, 0.25) is 0 Å². The second-order valence-electron chi connectivity index (χ2n) is 7.64. The van der Waals surface area contributed by atoms with Crippen LogP contribution in [0.2, 0.25) is 0 Å². The molecule has 2 amide bonds. The van der Waals surface area contributed by atoms with Gasteiger partial charge in [0.25, 0.3) is 0 Å². The quantitative estimate of drug-likeness (QED) is 0.667. The van der Waals surface area contributed by atoms with Gasteiger partial charge in [0.1, 0.15) is 23.1 Å². The van der Waals surface area contributed by atoms with Crippen LogP contribution in [0.3, 0.4) is 0 Å². The molecule has 0 spiro atoms. The van der Waals surface area contributed by atoms with E-state index in [1.165, 1.54) is 16.8 Å². The first-order chi connectivity index (χ1) is 15.8. The molecule has 2 aromatic heterocycles. The molecule has 31 heavy (non-hydrogen) atoms. The molecule has 2 saturated heterocycles. The molecule has 3 aromatic rings.